The maximum atomic E-state index is 8.99. The SMILES string of the molecule is Cc1cc(Cl)c(Cc2nc3cc(C#N)ccc3[nH]2)c2cc[nH]c12. The Morgan fingerprint density at radius 3 is 2.96 bits per heavy atom. The minimum Gasteiger partial charge on any atom is -0.361 e. The molecule has 0 bridgehead atoms. The zero-order valence-corrected chi connectivity index (χ0v) is 13.2. The van der Waals surface area contributed by atoms with Gasteiger partial charge in [-0.2, -0.15) is 5.26 Å². The second-order valence-electron chi connectivity index (χ2n) is 5.62. The zero-order valence-electron chi connectivity index (χ0n) is 12.4. The van der Waals surface area contributed by atoms with Crippen LogP contribution in [0.3, 0.4) is 0 Å². The zero-order chi connectivity index (χ0) is 16.0. The predicted octanol–water partition coefficient (Wildman–Crippen LogP) is 4.47. The van der Waals surface area contributed by atoms with Gasteiger partial charge in [0.1, 0.15) is 5.82 Å². The lowest BCUT2D eigenvalue weighted by Crippen LogP contribution is -1.94. The fourth-order valence-electron chi connectivity index (χ4n) is 2.98. The molecule has 0 spiro atoms. The minimum atomic E-state index is 0.608. The van der Waals surface area contributed by atoms with Gasteiger partial charge in [-0.1, -0.05) is 11.6 Å². The summed E-state index contributed by atoms with van der Waals surface area (Å²) < 4.78 is 0. The molecule has 0 saturated heterocycles. The van der Waals surface area contributed by atoms with Crippen molar-refractivity contribution < 1.29 is 0 Å². The summed E-state index contributed by atoms with van der Waals surface area (Å²) >= 11 is 6.46. The Labute approximate surface area is 137 Å². The molecule has 0 aliphatic rings. The second kappa shape index (κ2) is 5.15. The van der Waals surface area contributed by atoms with E-state index in [1.807, 2.05) is 31.3 Å². The van der Waals surface area contributed by atoms with Crippen molar-refractivity contribution >= 4 is 33.5 Å². The maximum absolute atomic E-state index is 8.99. The third-order valence-corrected chi connectivity index (χ3v) is 4.44. The summed E-state index contributed by atoms with van der Waals surface area (Å²) in [4.78, 5) is 11.2. The number of hydrogen-bond acceptors (Lipinski definition) is 2. The van der Waals surface area contributed by atoms with Crippen LogP contribution in [-0.4, -0.2) is 15.0 Å². The van der Waals surface area contributed by atoms with E-state index in [1.54, 1.807) is 12.1 Å². The van der Waals surface area contributed by atoms with E-state index in [4.69, 9.17) is 16.9 Å². The quantitative estimate of drug-likeness (QED) is 0.572. The van der Waals surface area contributed by atoms with Crippen molar-refractivity contribution in [2.24, 2.45) is 0 Å². The van der Waals surface area contributed by atoms with Gasteiger partial charge in [0.05, 0.1) is 22.7 Å². The molecular weight excluding hydrogens is 308 g/mol. The molecule has 0 aliphatic heterocycles. The van der Waals surface area contributed by atoms with Crippen molar-refractivity contribution in [3.8, 4) is 6.07 Å². The fraction of sp³-hybridized carbons (Fsp3) is 0.111. The predicted molar refractivity (Wildman–Crippen MR) is 91.7 cm³/mol. The van der Waals surface area contributed by atoms with Crippen LogP contribution in [-0.2, 0) is 6.42 Å². The van der Waals surface area contributed by atoms with Crippen molar-refractivity contribution in [2.75, 3.05) is 0 Å². The van der Waals surface area contributed by atoms with E-state index >= 15 is 0 Å². The first-order valence-electron chi connectivity index (χ1n) is 7.29. The number of nitrogens with zero attached hydrogens (tertiary/aromatic N) is 2. The van der Waals surface area contributed by atoms with Crippen LogP contribution in [0, 0.1) is 18.3 Å². The lowest BCUT2D eigenvalue weighted by molar-refractivity contribution is 1.05. The Balaban J connectivity index is 1.82. The average Bonchev–Trinajstić information content (AvgIpc) is 3.17. The van der Waals surface area contributed by atoms with Gasteiger partial charge in [-0.15, -0.1) is 0 Å². The number of imidazole rings is 1. The van der Waals surface area contributed by atoms with Gasteiger partial charge in [0.15, 0.2) is 0 Å². The summed E-state index contributed by atoms with van der Waals surface area (Å²) in [6.45, 7) is 2.04. The summed E-state index contributed by atoms with van der Waals surface area (Å²) in [6.07, 6.45) is 2.54. The Morgan fingerprint density at radius 1 is 1.26 bits per heavy atom. The van der Waals surface area contributed by atoms with Crippen molar-refractivity contribution in [1.82, 2.24) is 15.0 Å². The van der Waals surface area contributed by atoms with Crippen LogP contribution in [0.15, 0.2) is 36.5 Å². The first-order valence-corrected chi connectivity index (χ1v) is 7.67. The van der Waals surface area contributed by atoms with Gasteiger partial charge in [-0.25, -0.2) is 4.98 Å². The number of rotatable bonds is 2. The summed E-state index contributed by atoms with van der Waals surface area (Å²) in [5, 5.41) is 10.8. The summed E-state index contributed by atoms with van der Waals surface area (Å²) in [5.41, 5.74) is 5.61. The van der Waals surface area contributed by atoms with Crippen LogP contribution in [0.25, 0.3) is 21.9 Å². The number of nitriles is 1. The molecule has 4 nitrogen and oxygen atoms in total. The topological polar surface area (TPSA) is 68.3 Å². The van der Waals surface area contributed by atoms with Crippen molar-refractivity contribution in [1.29, 1.82) is 5.26 Å². The van der Waals surface area contributed by atoms with E-state index in [0.29, 0.717) is 12.0 Å². The molecule has 2 aromatic carbocycles. The highest BCUT2D eigenvalue weighted by atomic mass is 35.5. The fourth-order valence-corrected chi connectivity index (χ4v) is 3.32. The number of aromatic amines is 2. The van der Waals surface area contributed by atoms with E-state index < -0.39 is 0 Å². The highest BCUT2D eigenvalue weighted by Gasteiger charge is 2.13. The Hall–Kier alpha value is -2.77. The first-order chi connectivity index (χ1) is 11.2. The molecule has 23 heavy (non-hydrogen) atoms. The van der Waals surface area contributed by atoms with E-state index in [2.05, 4.69) is 21.0 Å². The Bertz CT molecular complexity index is 1080. The summed E-state index contributed by atoms with van der Waals surface area (Å²) in [7, 11) is 0. The number of fused-ring (bicyclic) bond motifs is 2. The summed E-state index contributed by atoms with van der Waals surface area (Å²) in [5.74, 6) is 0.836. The minimum absolute atomic E-state index is 0.608. The number of nitrogens with one attached hydrogen (secondary N) is 2. The van der Waals surface area contributed by atoms with Crippen molar-refractivity contribution in [2.45, 2.75) is 13.3 Å². The number of hydrogen-bond donors (Lipinski definition) is 2. The van der Waals surface area contributed by atoms with Gasteiger partial charge in [-0.3, -0.25) is 0 Å². The number of benzene rings is 2. The number of halogens is 1. The molecule has 0 fully saturated rings. The Morgan fingerprint density at radius 2 is 2.13 bits per heavy atom. The normalized spacial score (nSPS) is 11.2. The molecule has 2 aromatic heterocycles. The monoisotopic (exact) mass is 320 g/mol. The van der Waals surface area contributed by atoms with Gasteiger partial charge in [0, 0.05) is 28.5 Å². The van der Waals surface area contributed by atoms with Crippen molar-refractivity contribution in [3.05, 3.63) is 64.1 Å². The van der Waals surface area contributed by atoms with Crippen LogP contribution in [0.4, 0.5) is 0 Å². The van der Waals surface area contributed by atoms with Gasteiger partial charge in [0.25, 0.3) is 0 Å². The molecule has 0 saturated carbocycles. The molecule has 5 heteroatoms. The van der Waals surface area contributed by atoms with Gasteiger partial charge in [-0.05, 0) is 48.4 Å². The van der Waals surface area contributed by atoms with E-state index in [1.165, 1.54) is 0 Å². The summed E-state index contributed by atoms with van der Waals surface area (Å²) in [6, 6.07) is 11.6. The molecule has 0 atom stereocenters. The van der Waals surface area contributed by atoms with E-state index in [0.717, 1.165) is 43.9 Å². The molecule has 4 aromatic rings. The highest BCUT2D eigenvalue weighted by Crippen LogP contribution is 2.30. The van der Waals surface area contributed by atoms with Crippen LogP contribution in [0.5, 0.6) is 0 Å². The van der Waals surface area contributed by atoms with Crippen LogP contribution in [0.2, 0.25) is 5.02 Å². The van der Waals surface area contributed by atoms with Crippen LogP contribution < -0.4 is 0 Å². The molecule has 0 amide bonds. The third-order valence-electron chi connectivity index (χ3n) is 4.10. The molecule has 0 aliphatic carbocycles. The molecule has 112 valence electrons. The van der Waals surface area contributed by atoms with Crippen molar-refractivity contribution in [3.63, 3.8) is 0 Å². The Kier molecular flexibility index (Phi) is 3.10. The molecule has 0 radical (unpaired) electrons. The third kappa shape index (κ3) is 2.26. The maximum Gasteiger partial charge on any atom is 0.111 e. The van der Waals surface area contributed by atoms with Gasteiger partial charge in [0.2, 0.25) is 0 Å². The van der Waals surface area contributed by atoms with E-state index in [-0.39, 0.29) is 0 Å². The van der Waals surface area contributed by atoms with Gasteiger partial charge < -0.3 is 9.97 Å². The van der Waals surface area contributed by atoms with Gasteiger partial charge >= 0.3 is 0 Å². The highest BCUT2D eigenvalue weighted by molar-refractivity contribution is 6.32. The number of aromatic nitrogens is 3. The lowest BCUT2D eigenvalue weighted by atomic mass is 10.0. The standard InChI is InChI=1S/C18H13ClN4/c1-10-6-14(19)13(12-4-5-21-18(10)12)8-17-22-15-3-2-11(9-20)7-16(15)23-17/h2-7,21H,8H2,1H3,(H,22,23). The second-order valence-corrected chi connectivity index (χ2v) is 6.03. The lowest BCUT2D eigenvalue weighted by Gasteiger charge is -2.07. The molecule has 2 N–H and O–H groups in total. The smallest absolute Gasteiger partial charge is 0.111 e. The first kappa shape index (κ1) is 13.9. The molecule has 2 heterocycles. The van der Waals surface area contributed by atoms with Crippen LogP contribution in [0.1, 0.15) is 22.5 Å². The number of H-pyrrole nitrogens is 2. The largest absolute Gasteiger partial charge is 0.361 e. The molecular formula is C18H13ClN4. The average molecular weight is 321 g/mol. The molecule has 4 rings (SSSR count). The molecule has 0 unspecified atom stereocenters. The van der Waals surface area contributed by atoms with E-state index in [9.17, 15) is 0 Å². The van der Waals surface area contributed by atoms with Crippen LogP contribution >= 0.6 is 11.6 Å². The number of aryl methyl sites for hydroxylation is 1.